The molecule has 99 heavy (non-hydrogen) atoms. The highest BCUT2D eigenvalue weighted by atomic mass is 35.5. The van der Waals surface area contributed by atoms with Crippen molar-refractivity contribution in [1.82, 2.24) is 49.8 Å². The van der Waals surface area contributed by atoms with E-state index >= 15 is 0 Å². The van der Waals surface area contributed by atoms with E-state index in [9.17, 15) is 28.9 Å². The number of pyridine rings is 2. The standard InChI is InChI=1S/C37H37Cl2FN8O2.C37H36Cl2FN7O2/c1-37(2,3)47-13-11-26(12-14-47)48-21-32(44-45-48)35(22-7-6-8-23(15-22)36(49)50-5)46(4)27-17-28-33(43-25-9-10-31(40)29(38)16-25)24(19-41)20-42-34(28)30(39)18-27;1-37(2,3)46-12-10-27(11-13-46)47-21-33(44-45-47)28(23-6-5-7-24(17-23)36(48)49-4)14-22-15-29-34(43-26-8-9-32(40)30(38)18-26)25(19-41)20-42-35(29)31(39)16-22/h6-10,15-18,20-21,26,35H,11-14H2,1-5H3,(H,42,43);5-9,15-18,20-21,27-28H,10-14H2,1-4H3,(H,42,43)/t35-;28-/m00/s1. The SMILES string of the molecule is COC(=O)c1cccc([C@@H](c2cn(C3CCN(C(C)(C)C)CC3)nn2)N(C)c2cc(Cl)c3ncc(C#N)c(Nc4ccc(F)c(Cl)c4)c3c2)c1.COC(=O)c1cccc([C@H](Cc2cc(Cl)c3ncc(C#N)c(Nc4ccc(F)c(Cl)c4)c3c2)c2cn(C3CCN(C(C)(C)C)CC3)nn2)c1. The van der Waals surface area contributed by atoms with Gasteiger partial charge in [0.2, 0.25) is 0 Å². The average Bonchev–Trinajstić information content (AvgIpc) is 1.27. The van der Waals surface area contributed by atoms with Gasteiger partial charge in [0.25, 0.3) is 0 Å². The van der Waals surface area contributed by atoms with E-state index in [1.165, 1.54) is 56.9 Å². The summed E-state index contributed by atoms with van der Waals surface area (Å²) in [5, 5.41) is 46.8. The van der Waals surface area contributed by atoms with Crippen LogP contribution < -0.4 is 15.5 Å². The minimum Gasteiger partial charge on any atom is -0.465 e. The van der Waals surface area contributed by atoms with Gasteiger partial charge in [-0.3, -0.25) is 19.8 Å². The molecule has 2 N–H and O–H groups in total. The Kier molecular flexibility index (Phi) is 21.5. The number of anilines is 5. The van der Waals surface area contributed by atoms with E-state index in [0.29, 0.717) is 83.5 Å². The molecule has 19 nitrogen and oxygen atoms in total. The van der Waals surface area contributed by atoms with E-state index in [-0.39, 0.29) is 50.3 Å². The fraction of sp³-hybridized carbons (Fsp3) is 0.324. The lowest BCUT2D eigenvalue weighted by atomic mass is 9.88. The topological polar surface area (TPSA) is 221 Å². The number of nitrogens with one attached hydrogen (secondary N) is 2. The van der Waals surface area contributed by atoms with Gasteiger partial charge in [0.15, 0.2) is 0 Å². The summed E-state index contributed by atoms with van der Waals surface area (Å²) in [6, 6.07) is 34.8. The van der Waals surface area contributed by atoms with Crippen molar-refractivity contribution < 1.29 is 27.8 Å². The maximum atomic E-state index is 14.0. The molecule has 0 spiro atoms. The molecule has 0 saturated carbocycles. The Morgan fingerprint density at radius 1 is 0.606 bits per heavy atom. The van der Waals surface area contributed by atoms with Gasteiger partial charge < -0.3 is 25.0 Å². The summed E-state index contributed by atoms with van der Waals surface area (Å²) in [5.74, 6) is -2.30. The first-order valence-electron chi connectivity index (χ1n) is 32.2. The molecule has 4 aromatic heterocycles. The van der Waals surface area contributed by atoms with Gasteiger partial charge in [-0.15, -0.1) is 10.2 Å². The van der Waals surface area contributed by atoms with E-state index in [2.05, 4.69) is 105 Å². The minimum atomic E-state index is -0.557. The van der Waals surface area contributed by atoms with Crippen molar-refractivity contribution >= 4 is 109 Å². The van der Waals surface area contributed by atoms with Crippen LogP contribution in [0, 0.1) is 34.3 Å². The number of rotatable bonds is 16. The van der Waals surface area contributed by atoms with E-state index in [0.717, 1.165) is 74.2 Å². The summed E-state index contributed by atoms with van der Waals surface area (Å²) in [6.07, 6.45) is 11.1. The highest BCUT2D eigenvalue weighted by Gasteiger charge is 2.33. The average molecular weight is 1420 g/mol. The normalized spacial score (nSPS) is 14.8. The molecule has 2 aliphatic rings. The van der Waals surface area contributed by atoms with Crippen molar-refractivity contribution in [1.29, 1.82) is 10.5 Å². The Morgan fingerprint density at radius 3 is 1.54 bits per heavy atom. The van der Waals surface area contributed by atoms with Crippen LogP contribution in [0.2, 0.25) is 20.1 Å². The third-order valence-electron chi connectivity index (χ3n) is 18.3. The highest BCUT2D eigenvalue weighted by molar-refractivity contribution is 6.36. The number of fused-ring (bicyclic) bond motifs is 2. The van der Waals surface area contributed by atoms with E-state index in [1.807, 2.05) is 76.2 Å². The smallest absolute Gasteiger partial charge is 0.337 e. The van der Waals surface area contributed by atoms with Crippen molar-refractivity contribution in [2.24, 2.45) is 0 Å². The fourth-order valence-electron chi connectivity index (χ4n) is 12.9. The quantitative estimate of drug-likeness (QED) is 0.0859. The summed E-state index contributed by atoms with van der Waals surface area (Å²) in [4.78, 5) is 41.1. The second kappa shape index (κ2) is 30.0. The number of piperidine rings is 2. The van der Waals surface area contributed by atoms with E-state index < -0.39 is 29.6 Å². The summed E-state index contributed by atoms with van der Waals surface area (Å²) in [7, 11) is 4.61. The zero-order valence-electron chi connectivity index (χ0n) is 56.1. The number of likely N-dealkylation sites (tertiary alicyclic amines) is 2. The number of nitrogens with zero attached hydrogens (tertiary/aromatic N) is 13. The number of ether oxygens (including phenoxy) is 2. The van der Waals surface area contributed by atoms with Gasteiger partial charge in [0.1, 0.15) is 29.5 Å². The number of benzene rings is 6. The van der Waals surface area contributed by atoms with Crippen molar-refractivity contribution in [3.8, 4) is 12.1 Å². The number of hydrogen-bond acceptors (Lipinski definition) is 17. The van der Waals surface area contributed by atoms with Crippen LogP contribution in [-0.4, -0.2) is 120 Å². The first-order valence-corrected chi connectivity index (χ1v) is 33.7. The molecule has 12 rings (SSSR count). The van der Waals surface area contributed by atoms with Crippen LogP contribution in [0.1, 0.15) is 151 Å². The molecule has 0 bridgehead atoms. The van der Waals surface area contributed by atoms with Crippen molar-refractivity contribution in [3.63, 3.8) is 0 Å². The van der Waals surface area contributed by atoms with E-state index in [1.54, 1.807) is 36.4 Å². The largest absolute Gasteiger partial charge is 0.465 e. The first kappa shape index (κ1) is 71.0. The molecule has 0 amide bonds. The Bertz CT molecular complexity index is 4760. The molecule has 2 aliphatic heterocycles. The van der Waals surface area contributed by atoms with Gasteiger partial charge in [0, 0.05) is 96.6 Å². The number of nitriles is 2. The molecule has 6 aromatic carbocycles. The number of halogens is 6. The third kappa shape index (κ3) is 15.9. The summed E-state index contributed by atoms with van der Waals surface area (Å²) < 4.78 is 41.8. The molecule has 2 saturated heterocycles. The predicted molar refractivity (Wildman–Crippen MR) is 383 cm³/mol. The highest BCUT2D eigenvalue weighted by Crippen LogP contribution is 2.42. The Balaban J connectivity index is 0.000000200. The van der Waals surface area contributed by atoms with Gasteiger partial charge in [-0.1, -0.05) is 81.1 Å². The maximum Gasteiger partial charge on any atom is 0.337 e. The Morgan fingerprint density at radius 2 is 1.06 bits per heavy atom. The van der Waals surface area contributed by atoms with Crippen LogP contribution in [-0.2, 0) is 15.9 Å². The zero-order chi connectivity index (χ0) is 70.6. The van der Waals surface area contributed by atoms with Crippen LogP contribution in [0.25, 0.3) is 21.8 Å². The van der Waals surface area contributed by atoms with Crippen LogP contribution in [0.5, 0.6) is 0 Å². The second-order valence-electron chi connectivity index (χ2n) is 26.7. The molecule has 25 heteroatoms. The predicted octanol–water partition coefficient (Wildman–Crippen LogP) is 16.8. The molecule has 510 valence electrons. The van der Waals surface area contributed by atoms with Crippen LogP contribution in [0.4, 0.5) is 37.2 Å². The number of aromatic nitrogens is 8. The summed E-state index contributed by atoms with van der Waals surface area (Å²) in [6.45, 7) is 17.3. The second-order valence-corrected chi connectivity index (χ2v) is 28.3. The summed E-state index contributed by atoms with van der Waals surface area (Å²) in [5.41, 5.74) is 9.02. The number of carbonyl (C=O) groups excluding carboxylic acids is 2. The molecule has 2 fully saturated rings. The van der Waals surface area contributed by atoms with Gasteiger partial charge in [-0.05, 0) is 175 Å². The molecule has 0 unspecified atom stereocenters. The fourth-order valence-corrected chi connectivity index (χ4v) is 13.8. The zero-order valence-corrected chi connectivity index (χ0v) is 59.1. The lowest BCUT2D eigenvalue weighted by Crippen LogP contribution is -2.46. The Labute approximate surface area is 593 Å². The van der Waals surface area contributed by atoms with Crippen molar-refractivity contribution in [2.45, 2.75) is 109 Å². The molecule has 2 atom stereocenters. The molecular weight excluding hydrogens is 1340 g/mol. The van der Waals surface area contributed by atoms with Crippen molar-refractivity contribution in [2.75, 3.05) is 63.0 Å². The molecule has 0 aliphatic carbocycles. The van der Waals surface area contributed by atoms with Crippen LogP contribution >= 0.6 is 46.4 Å². The first-order chi connectivity index (χ1) is 47.3. The lowest BCUT2D eigenvalue weighted by molar-refractivity contribution is 0.0591. The number of carbonyl (C=O) groups is 2. The molecule has 10 aromatic rings. The number of esters is 2. The van der Waals surface area contributed by atoms with Gasteiger partial charge in [0.05, 0.1) is 109 Å². The number of hydrogen-bond donors (Lipinski definition) is 2. The summed E-state index contributed by atoms with van der Waals surface area (Å²) >= 11 is 25.9. The third-order valence-corrected chi connectivity index (χ3v) is 19.5. The number of methoxy groups -OCH3 is 2. The van der Waals surface area contributed by atoms with Crippen molar-refractivity contribution in [3.05, 3.63) is 216 Å². The minimum absolute atomic E-state index is 0.0505. The van der Waals surface area contributed by atoms with E-state index in [4.69, 9.17) is 55.9 Å². The maximum absolute atomic E-state index is 14.0. The monoisotopic (exact) mass is 1410 g/mol. The van der Waals surface area contributed by atoms with Crippen LogP contribution in [0.3, 0.4) is 0 Å². The molecule has 6 heterocycles. The van der Waals surface area contributed by atoms with Gasteiger partial charge >= 0.3 is 11.9 Å². The Hall–Kier alpha value is -9.32. The molecular formula is C74H73Cl4F2N15O4. The van der Waals surface area contributed by atoms with Gasteiger partial charge in [-0.25, -0.2) is 27.7 Å². The lowest BCUT2D eigenvalue weighted by Gasteiger charge is -2.40. The van der Waals surface area contributed by atoms with Gasteiger partial charge in [-0.2, -0.15) is 10.5 Å². The van der Waals surface area contributed by atoms with Crippen LogP contribution in [0.15, 0.2) is 134 Å². The molecule has 0 radical (unpaired) electrons.